The van der Waals surface area contributed by atoms with E-state index in [4.69, 9.17) is 25.9 Å². The largest absolute Gasteiger partial charge is 0.497 e. The molecule has 0 atom stereocenters. The Morgan fingerprint density at radius 1 is 1.09 bits per heavy atom. The fourth-order valence-corrected chi connectivity index (χ4v) is 3.45. The quantitative estimate of drug-likeness (QED) is 0.430. The number of nitrogens with one attached hydrogen (secondary N) is 1. The summed E-state index contributed by atoms with van der Waals surface area (Å²) in [5, 5.41) is 11.3. The highest BCUT2D eigenvalue weighted by atomic mass is 35.5. The number of amides is 4. The monoisotopic (exact) mass is 466 g/mol. The first-order chi connectivity index (χ1) is 15.8. The van der Waals surface area contributed by atoms with Crippen LogP contribution in [-0.2, 0) is 9.59 Å². The number of halogens is 1. The third-order valence-corrected chi connectivity index (χ3v) is 5.14. The summed E-state index contributed by atoms with van der Waals surface area (Å²) in [6.45, 7) is 0. The summed E-state index contributed by atoms with van der Waals surface area (Å²) >= 11 is 6.00. The van der Waals surface area contributed by atoms with Crippen molar-refractivity contribution in [3.8, 4) is 17.1 Å². The average Bonchev–Trinajstić information content (AvgIpc) is 3.25. The number of aromatic carboxylic acids is 1. The van der Waals surface area contributed by atoms with Crippen LogP contribution in [0.3, 0.4) is 0 Å². The number of hydrogen-bond acceptors (Lipinski definition) is 6. The molecule has 1 fully saturated rings. The number of carboxylic acid groups (broad SMARTS) is 1. The molecule has 0 saturated carbocycles. The van der Waals surface area contributed by atoms with Crippen LogP contribution < -0.4 is 15.0 Å². The standard InChI is InChI=1S/C23H15ClN2O7/c1-32-14-5-3-13(4-6-14)26-21(28)17(20(27)25-23(26)31)11-15-7-9-19(33-15)12-2-8-16(22(29)30)18(24)10-12/h2-11H,1H3,(H,29,30)(H,25,27,31)/b17-11+. The number of furan rings is 1. The van der Waals surface area contributed by atoms with E-state index in [-0.39, 0.29) is 27.6 Å². The van der Waals surface area contributed by atoms with Gasteiger partial charge in [-0.15, -0.1) is 0 Å². The maximum Gasteiger partial charge on any atom is 0.337 e. The second kappa shape index (κ2) is 8.64. The molecular weight excluding hydrogens is 452 g/mol. The molecule has 1 aliphatic heterocycles. The van der Waals surface area contributed by atoms with Crippen molar-refractivity contribution in [3.05, 3.63) is 76.5 Å². The van der Waals surface area contributed by atoms with Gasteiger partial charge in [-0.05, 0) is 54.6 Å². The Morgan fingerprint density at radius 2 is 1.82 bits per heavy atom. The van der Waals surface area contributed by atoms with Gasteiger partial charge in [0.2, 0.25) is 0 Å². The number of urea groups is 1. The van der Waals surface area contributed by atoms with E-state index < -0.39 is 23.8 Å². The van der Waals surface area contributed by atoms with Gasteiger partial charge < -0.3 is 14.3 Å². The molecule has 1 aromatic heterocycles. The van der Waals surface area contributed by atoms with Crippen molar-refractivity contribution in [3.63, 3.8) is 0 Å². The van der Waals surface area contributed by atoms with Crippen molar-refractivity contribution in [1.82, 2.24) is 5.32 Å². The summed E-state index contributed by atoms with van der Waals surface area (Å²) in [6, 6.07) is 12.7. The Balaban J connectivity index is 1.64. The Hall–Kier alpha value is -4.37. The van der Waals surface area contributed by atoms with Crippen molar-refractivity contribution < 1.29 is 33.4 Å². The smallest absolute Gasteiger partial charge is 0.337 e. The van der Waals surface area contributed by atoms with Crippen molar-refractivity contribution in [2.45, 2.75) is 0 Å². The highest BCUT2D eigenvalue weighted by Gasteiger charge is 2.37. The zero-order chi connectivity index (χ0) is 23.7. The van der Waals surface area contributed by atoms with Crippen molar-refractivity contribution in [2.75, 3.05) is 12.0 Å². The molecule has 2 aromatic carbocycles. The van der Waals surface area contributed by atoms with Crippen molar-refractivity contribution in [2.24, 2.45) is 0 Å². The molecule has 4 amide bonds. The number of hydrogen-bond donors (Lipinski definition) is 2. The fraction of sp³-hybridized carbons (Fsp3) is 0.0435. The molecule has 2 N–H and O–H groups in total. The number of rotatable bonds is 5. The lowest BCUT2D eigenvalue weighted by Gasteiger charge is -2.26. The van der Waals surface area contributed by atoms with Gasteiger partial charge in [0.25, 0.3) is 11.8 Å². The molecule has 0 radical (unpaired) electrons. The maximum absolute atomic E-state index is 13.0. The molecular formula is C23H15ClN2O7. The molecule has 166 valence electrons. The highest BCUT2D eigenvalue weighted by molar-refractivity contribution is 6.39. The Morgan fingerprint density at radius 3 is 2.45 bits per heavy atom. The molecule has 1 aliphatic rings. The van der Waals surface area contributed by atoms with E-state index in [1.165, 1.54) is 49.6 Å². The molecule has 33 heavy (non-hydrogen) atoms. The fourth-order valence-electron chi connectivity index (χ4n) is 3.19. The Bertz CT molecular complexity index is 1320. The maximum atomic E-state index is 13.0. The summed E-state index contributed by atoms with van der Waals surface area (Å²) in [5.41, 5.74) is 0.404. The first-order valence-electron chi connectivity index (χ1n) is 9.47. The van der Waals surface area contributed by atoms with E-state index in [0.29, 0.717) is 17.1 Å². The molecule has 9 nitrogen and oxygen atoms in total. The summed E-state index contributed by atoms with van der Waals surface area (Å²) in [6.07, 6.45) is 1.22. The van der Waals surface area contributed by atoms with Crippen LogP contribution in [0.1, 0.15) is 16.1 Å². The number of ether oxygens (including phenoxy) is 1. The van der Waals surface area contributed by atoms with Crippen LogP contribution in [0.4, 0.5) is 10.5 Å². The lowest BCUT2D eigenvalue weighted by Crippen LogP contribution is -2.54. The van der Waals surface area contributed by atoms with E-state index in [1.54, 1.807) is 18.2 Å². The predicted octanol–water partition coefficient (Wildman–Crippen LogP) is 3.97. The van der Waals surface area contributed by atoms with Gasteiger partial charge in [-0.3, -0.25) is 14.9 Å². The van der Waals surface area contributed by atoms with Crippen LogP contribution in [0.2, 0.25) is 5.02 Å². The molecule has 0 bridgehead atoms. The van der Waals surface area contributed by atoms with Crippen LogP contribution in [0.25, 0.3) is 17.4 Å². The number of barbiturate groups is 1. The van der Waals surface area contributed by atoms with E-state index in [9.17, 15) is 19.2 Å². The van der Waals surface area contributed by atoms with Gasteiger partial charge >= 0.3 is 12.0 Å². The minimum absolute atomic E-state index is 0.0341. The third kappa shape index (κ3) is 4.21. The second-order valence-electron chi connectivity index (χ2n) is 6.86. The predicted molar refractivity (Wildman–Crippen MR) is 118 cm³/mol. The number of anilines is 1. The van der Waals surface area contributed by atoms with Crippen LogP contribution in [0, 0.1) is 0 Å². The molecule has 0 spiro atoms. The molecule has 10 heteroatoms. The summed E-state index contributed by atoms with van der Waals surface area (Å²) in [5.74, 6) is -1.79. The van der Waals surface area contributed by atoms with Crippen LogP contribution in [0.5, 0.6) is 5.75 Å². The lowest BCUT2D eigenvalue weighted by atomic mass is 10.1. The molecule has 0 aliphatic carbocycles. The second-order valence-corrected chi connectivity index (χ2v) is 7.26. The van der Waals surface area contributed by atoms with Gasteiger partial charge in [-0.25, -0.2) is 14.5 Å². The number of nitrogens with zero attached hydrogens (tertiary/aromatic N) is 1. The van der Waals surface area contributed by atoms with Crippen LogP contribution in [0.15, 0.2) is 64.6 Å². The summed E-state index contributed by atoms with van der Waals surface area (Å²) < 4.78 is 10.8. The van der Waals surface area contributed by atoms with Gasteiger partial charge in [0, 0.05) is 5.56 Å². The summed E-state index contributed by atoms with van der Waals surface area (Å²) in [4.78, 5) is 49.6. The van der Waals surface area contributed by atoms with Crippen LogP contribution in [-0.4, -0.2) is 36.0 Å². The zero-order valence-corrected chi connectivity index (χ0v) is 17.8. The van der Waals surface area contributed by atoms with E-state index in [1.807, 2.05) is 0 Å². The van der Waals surface area contributed by atoms with Crippen molar-refractivity contribution >= 4 is 47.2 Å². The zero-order valence-electron chi connectivity index (χ0n) is 17.0. The Kier molecular flexibility index (Phi) is 5.72. The summed E-state index contributed by atoms with van der Waals surface area (Å²) in [7, 11) is 1.49. The van der Waals surface area contributed by atoms with Gasteiger partial charge in [-0.1, -0.05) is 17.7 Å². The molecule has 2 heterocycles. The van der Waals surface area contributed by atoms with Gasteiger partial charge in [0.15, 0.2) is 0 Å². The molecule has 4 rings (SSSR count). The number of carbonyl (C=O) groups is 4. The first kappa shape index (κ1) is 21.8. The minimum Gasteiger partial charge on any atom is -0.497 e. The number of carboxylic acids is 1. The third-order valence-electron chi connectivity index (χ3n) is 4.83. The molecule has 0 unspecified atom stereocenters. The van der Waals surface area contributed by atoms with Crippen LogP contribution >= 0.6 is 11.6 Å². The van der Waals surface area contributed by atoms with Crippen molar-refractivity contribution in [1.29, 1.82) is 0 Å². The minimum atomic E-state index is -1.16. The molecule has 1 saturated heterocycles. The van der Waals surface area contributed by atoms with E-state index in [0.717, 1.165) is 4.90 Å². The lowest BCUT2D eigenvalue weighted by molar-refractivity contribution is -0.122. The van der Waals surface area contributed by atoms with E-state index in [2.05, 4.69) is 5.32 Å². The number of imide groups is 2. The van der Waals surface area contributed by atoms with Gasteiger partial charge in [0.1, 0.15) is 22.8 Å². The normalized spacial score (nSPS) is 15.0. The number of benzene rings is 2. The Labute approximate surface area is 191 Å². The van der Waals surface area contributed by atoms with E-state index >= 15 is 0 Å². The number of carbonyl (C=O) groups excluding carboxylic acids is 3. The van der Waals surface area contributed by atoms with Gasteiger partial charge in [0.05, 0.1) is 23.4 Å². The topological polar surface area (TPSA) is 126 Å². The number of methoxy groups -OCH3 is 1. The average molecular weight is 467 g/mol. The SMILES string of the molecule is COc1ccc(N2C(=O)NC(=O)/C(=C\c3ccc(-c4ccc(C(=O)O)c(Cl)c4)o3)C2=O)cc1. The highest BCUT2D eigenvalue weighted by Crippen LogP contribution is 2.29. The first-order valence-corrected chi connectivity index (χ1v) is 9.85. The molecule has 3 aromatic rings. The van der Waals surface area contributed by atoms with Gasteiger partial charge in [-0.2, -0.15) is 0 Å².